The van der Waals surface area contributed by atoms with Crippen LogP contribution in [0.1, 0.15) is 59.8 Å². The van der Waals surface area contributed by atoms with Gasteiger partial charge in [0.05, 0.1) is 6.04 Å². The van der Waals surface area contributed by atoms with Crippen molar-refractivity contribution in [2.45, 2.75) is 71.9 Å². The van der Waals surface area contributed by atoms with Gasteiger partial charge in [-0.05, 0) is 58.9 Å². The number of amides is 1. The molecule has 28 heavy (non-hydrogen) atoms. The predicted octanol–water partition coefficient (Wildman–Crippen LogP) is 2.12. The Morgan fingerprint density at radius 1 is 0.893 bits per heavy atom. The minimum atomic E-state index is -0.686. The molecular formula is C22H39N3O3. The lowest BCUT2D eigenvalue weighted by molar-refractivity contribution is -0.134. The van der Waals surface area contributed by atoms with Crippen molar-refractivity contribution in [3.8, 4) is 0 Å². The van der Waals surface area contributed by atoms with Crippen LogP contribution in [0.3, 0.4) is 0 Å². The summed E-state index contributed by atoms with van der Waals surface area (Å²) in [5.74, 6) is -0.464. The number of ketones is 2. The summed E-state index contributed by atoms with van der Waals surface area (Å²) >= 11 is 0. The third-order valence-corrected chi connectivity index (χ3v) is 6.38. The highest BCUT2D eigenvalue weighted by atomic mass is 16.2. The second-order valence-corrected chi connectivity index (χ2v) is 9.29. The van der Waals surface area contributed by atoms with Crippen molar-refractivity contribution < 1.29 is 14.4 Å². The molecule has 1 N–H and O–H groups in total. The second-order valence-electron chi connectivity index (χ2n) is 9.29. The lowest BCUT2D eigenvalue weighted by Gasteiger charge is -2.41. The number of hydrogen-bond donors (Lipinski definition) is 1. The van der Waals surface area contributed by atoms with Gasteiger partial charge in [0.1, 0.15) is 5.78 Å². The molecular weight excluding hydrogens is 354 g/mol. The third kappa shape index (κ3) is 6.38. The monoisotopic (exact) mass is 393 g/mol. The van der Waals surface area contributed by atoms with E-state index in [1.807, 2.05) is 27.7 Å². The zero-order chi connectivity index (χ0) is 20.8. The fourth-order valence-electron chi connectivity index (χ4n) is 4.24. The molecule has 0 radical (unpaired) electrons. The standard InChI is InChI=1S/C22H39N3O3/c1-15(2)20(26)14-19(21(27)16(3)4)23-22(28)17-6-12-25(13-7-17)18-8-10-24(5)11-9-18/h15-19H,6-14H2,1-5H3,(H,23,28). The Hall–Kier alpha value is -1.27. The molecule has 0 aromatic carbocycles. The molecule has 2 aliphatic heterocycles. The smallest absolute Gasteiger partial charge is 0.223 e. The molecule has 0 spiro atoms. The number of Topliss-reactive ketones (excluding diaryl/α,β-unsaturated/α-hetero) is 2. The van der Waals surface area contributed by atoms with Crippen molar-refractivity contribution in [2.24, 2.45) is 17.8 Å². The van der Waals surface area contributed by atoms with E-state index in [1.54, 1.807) is 0 Å². The number of hydrogen-bond acceptors (Lipinski definition) is 5. The van der Waals surface area contributed by atoms with Crippen LogP contribution < -0.4 is 5.32 Å². The predicted molar refractivity (Wildman–Crippen MR) is 111 cm³/mol. The first-order chi connectivity index (χ1) is 13.2. The Morgan fingerprint density at radius 3 is 1.96 bits per heavy atom. The van der Waals surface area contributed by atoms with Gasteiger partial charge in [0, 0.05) is 30.2 Å². The summed E-state index contributed by atoms with van der Waals surface area (Å²) in [4.78, 5) is 42.4. The van der Waals surface area contributed by atoms with Crippen molar-refractivity contribution in [3.63, 3.8) is 0 Å². The molecule has 1 amide bonds. The Bertz CT molecular complexity index is 545. The maximum absolute atomic E-state index is 12.8. The summed E-state index contributed by atoms with van der Waals surface area (Å²) in [6.07, 6.45) is 4.18. The molecule has 2 aliphatic rings. The largest absolute Gasteiger partial charge is 0.346 e. The molecule has 2 fully saturated rings. The number of carbonyl (C=O) groups is 3. The highest BCUT2D eigenvalue weighted by Gasteiger charge is 2.33. The molecule has 0 aliphatic carbocycles. The number of carbonyl (C=O) groups excluding carboxylic acids is 3. The van der Waals surface area contributed by atoms with Gasteiger partial charge in [-0.15, -0.1) is 0 Å². The van der Waals surface area contributed by atoms with Crippen LogP contribution in [-0.2, 0) is 14.4 Å². The average Bonchev–Trinajstić information content (AvgIpc) is 2.67. The molecule has 2 rings (SSSR count). The van der Waals surface area contributed by atoms with Crippen molar-refractivity contribution >= 4 is 17.5 Å². The van der Waals surface area contributed by atoms with Gasteiger partial charge in [-0.3, -0.25) is 14.4 Å². The summed E-state index contributed by atoms with van der Waals surface area (Å²) in [6, 6.07) is -0.0477. The van der Waals surface area contributed by atoms with Gasteiger partial charge in [-0.25, -0.2) is 0 Å². The van der Waals surface area contributed by atoms with E-state index < -0.39 is 6.04 Å². The number of rotatable bonds is 8. The molecule has 0 bridgehead atoms. The van der Waals surface area contributed by atoms with Gasteiger partial charge < -0.3 is 15.1 Å². The first-order valence-corrected chi connectivity index (χ1v) is 11.0. The van der Waals surface area contributed by atoms with Gasteiger partial charge in [0.2, 0.25) is 5.91 Å². The van der Waals surface area contributed by atoms with Crippen LogP contribution in [0.15, 0.2) is 0 Å². The highest BCUT2D eigenvalue weighted by Crippen LogP contribution is 2.24. The molecule has 160 valence electrons. The molecule has 0 aromatic rings. The van der Waals surface area contributed by atoms with Crippen LogP contribution in [0.2, 0.25) is 0 Å². The van der Waals surface area contributed by atoms with Gasteiger partial charge in [0.25, 0.3) is 0 Å². The Kier molecular flexibility index (Phi) is 8.62. The molecule has 2 heterocycles. The molecule has 0 aromatic heterocycles. The van der Waals surface area contributed by atoms with Crippen molar-refractivity contribution in [1.82, 2.24) is 15.1 Å². The minimum absolute atomic E-state index is 0.0244. The summed E-state index contributed by atoms with van der Waals surface area (Å²) in [5, 5.41) is 2.92. The summed E-state index contributed by atoms with van der Waals surface area (Å²) in [7, 11) is 2.17. The molecule has 6 nitrogen and oxygen atoms in total. The van der Waals surface area contributed by atoms with E-state index in [2.05, 4.69) is 22.2 Å². The second kappa shape index (κ2) is 10.5. The molecule has 1 atom stereocenters. The highest BCUT2D eigenvalue weighted by molar-refractivity contribution is 5.95. The Labute approximate surface area is 170 Å². The van der Waals surface area contributed by atoms with E-state index in [-0.39, 0.29) is 41.6 Å². The molecule has 1 unspecified atom stereocenters. The number of piperidine rings is 2. The Morgan fingerprint density at radius 2 is 1.46 bits per heavy atom. The van der Waals surface area contributed by atoms with Crippen LogP contribution in [0, 0.1) is 17.8 Å². The fraction of sp³-hybridized carbons (Fsp3) is 0.864. The van der Waals surface area contributed by atoms with Gasteiger partial charge in [-0.1, -0.05) is 27.7 Å². The van der Waals surface area contributed by atoms with Gasteiger partial charge >= 0.3 is 0 Å². The van der Waals surface area contributed by atoms with Crippen LogP contribution in [-0.4, -0.2) is 72.6 Å². The van der Waals surface area contributed by atoms with E-state index in [4.69, 9.17) is 0 Å². The normalized spacial score (nSPS) is 21.8. The van der Waals surface area contributed by atoms with Crippen LogP contribution in [0.25, 0.3) is 0 Å². The minimum Gasteiger partial charge on any atom is -0.346 e. The van der Waals surface area contributed by atoms with Gasteiger partial charge in [0.15, 0.2) is 5.78 Å². The maximum atomic E-state index is 12.8. The zero-order valence-electron chi connectivity index (χ0n) is 18.4. The zero-order valence-corrected chi connectivity index (χ0v) is 18.4. The van der Waals surface area contributed by atoms with E-state index in [9.17, 15) is 14.4 Å². The molecule has 6 heteroatoms. The fourth-order valence-corrected chi connectivity index (χ4v) is 4.24. The van der Waals surface area contributed by atoms with Crippen molar-refractivity contribution in [2.75, 3.05) is 33.2 Å². The quantitative estimate of drug-likeness (QED) is 0.684. The molecule has 2 saturated heterocycles. The van der Waals surface area contributed by atoms with Crippen molar-refractivity contribution in [1.29, 1.82) is 0 Å². The van der Waals surface area contributed by atoms with Gasteiger partial charge in [-0.2, -0.15) is 0 Å². The van der Waals surface area contributed by atoms with Crippen LogP contribution >= 0.6 is 0 Å². The van der Waals surface area contributed by atoms with E-state index in [0.29, 0.717) is 6.04 Å². The van der Waals surface area contributed by atoms with Crippen molar-refractivity contribution in [3.05, 3.63) is 0 Å². The first kappa shape index (κ1) is 23.0. The number of likely N-dealkylation sites (tertiary alicyclic amines) is 2. The Balaban J connectivity index is 1.88. The lowest BCUT2D eigenvalue weighted by atomic mass is 9.90. The lowest BCUT2D eigenvalue weighted by Crippen LogP contribution is -2.51. The first-order valence-electron chi connectivity index (χ1n) is 11.0. The topological polar surface area (TPSA) is 69.7 Å². The van der Waals surface area contributed by atoms with Crippen LogP contribution in [0.4, 0.5) is 0 Å². The summed E-state index contributed by atoms with van der Waals surface area (Å²) in [6.45, 7) is 11.5. The SMILES string of the molecule is CC(C)C(=O)CC(NC(=O)C1CCN(C2CCN(C)CC2)CC1)C(=O)C(C)C. The molecule has 0 saturated carbocycles. The maximum Gasteiger partial charge on any atom is 0.223 e. The van der Waals surface area contributed by atoms with E-state index in [1.165, 1.54) is 12.8 Å². The third-order valence-electron chi connectivity index (χ3n) is 6.38. The van der Waals surface area contributed by atoms with Crippen LogP contribution in [0.5, 0.6) is 0 Å². The average molecular weight is 394 g/mol. The summed E-state index contributed by atoms with van der Waals surface area (Å²) in [5.41, 5.74) is 0. The summed E-state index contributed by atoms with van der Waals surface area (Å²) < 4.78 is 0. The van der Waals surface area contributed by atoms with E-state index >= 15 is 0 Å². The van der Waals surface area contributed by atoms with E-state index in [0.717, 1.165) is 39.0 Å². The number of nitrogens with zero attached hydrogens (tertiary/aromatic N) is 2. The number of nitrogens with one attached hydrogen (secondary N) is 1.